The van der Waals surface area contributed by atoms with Gasteiger partial charge >= 0.3 is 0 Å². The molecule has 0 bridgehead atoms. The highest BCUT2D eigenvalue weighted by atomic mass is 16.5. The fraction of sp³-hybridized carbons (Fsp3) is 0.381. The van der Waals surface area contributed by atoms with E-state index in [0.29, 0.717) is 12.5 Å². The van der Waals surface area contributed by atoms with E-state index < -0.39 is 0 Å². The van der Waals surface area contributed by atoms with Gasteiger partial charge in [-0.05, 0) is 43.1 Å². The van der Waals surface area contributed by atoms with E-state index in [1.807, 2.05) is 23.0 Å². The van der Waals surface area contributed by atoms with Crippen molar-refractivity contribution >= 4 is 0 Å². The van der Waals surface area contributed by atoms with Gasteiger partial charge in [0.2, 0.25) is 0 Å². The number of imidazole rings is 1. The lowest BCUT2D eigenvalue weighted by Crippen LogP contribution is -2.34. The van der Waals surface area contributed by atoms with Crippen LogP contribution in [0.15, 0.2) is 61.6 Å². The van der Waals surface area contributed by atoms with Gasteiger partial charge in [-0.15, -0.1) is 0 Å². The summed E-state index contributed by atoms with van der Waals surface area (Å²) in [5.41, 5.74) is 2.48. The van der Waals surface area contributed by atoms with Gasteiger partial charge in [-0.2, -0.15) is 0 Å². The normalized spacial score (nSPS) is 17.7. The molecule has 6 nitrogen and oxygen atoms in total. The van der Waals surface area contributed by atoms with Crippen LogP contribution in [0.5, 0.6) is 5.75 Å². The minimum atomic E-state index is 0.507. The topological polar surface area (TPSA) is 56.1 Å². The summed E-state index contributed by atoms with van der Waals surface area (Å²) in [6, 6.07) is 10.5. The van der Waals surface area contributed by atoms with E-state index in [1.54, 1.807) is 18.9 Å². The van der Waals surface area contributed by atoms with Gasteiger partial charge in [-0.1, -0.05) is 12.1 Å². The van der Waals surface area contributed by atoms with Crippen molar-refractivity contribution in [2.75, 3.05) is 19.7 Å². The summed E-state index contributed by atoms with van der Waals surface area (Å²) in [6.45, 7) is 4.62. The molecule has 1 aliphatic rings. The first kappa shape index (κ1) is 17.7. The minimum Gasteiger partial charge on any atom is -0.492 e. The molecule has 2 aromatic heterocycles. The van der Waals surface area contributed by atoms with E-state index in [1.165, 1.54) is 18.4 Å². The Balaban J connectivity index is 1.27. The molecule has 1 atom stereocenters. The highest BCUT2D eigenvalue weighted by Gasteiger charge is 2.22. The van der Waals surface area contributed by atoms with Crippen LogP contribution in [0.1, 0.15) is 30.0 Å². The monoisotopic (exact) mass is 363 g/mol. The standard InChI is InChI=1S/C21H25N5O/c1-2-19(21-7-8-22-16-24-21)15-26(10-1)14-18-3-5-20(6-4-18)27-13-12-25-11-9-23-17-25/h3-9,11,16-17,19H,1-2,10,12-15H2/t19-/m1/s1. The van der Waals surface area contributed by atoms with Crippen molar-refractivity contribution in [1.82, 2.24) is 24.4 Å². The Morgan fingerprint density at radius 3 is 2.78 bits per heavy atom. The molecule has 140 valence electrons. The molecule has 0 aliphatic carbocycles. The molecule has 6 heteroatoms. The van der Waals surface area contributed by atoms with E-state index >= 15 is 0 Å². The van der Waals surface area contributed by atoms with Gasteiger partial charge in [0.25, 0.3) is 0 Å². The Labute approximate surface area is 159 Å². The predicted molar refractivity (Wildman–Crippen MR) is 103 cm³/mol. The van der Waals surface area contributed by atoms with Crippen molar-refractivity contribution in [1.29, 1.82) is 0 Å². The fourth-order valence-corrected chi connectivity index (χ4v) is 3.62. The number of piperidine rings is 1. The number of rotatable bonds is 7. The molecule has 27 heavy (non-hydrogen) atoms. The van der Waals surface area contributed by atoms with Crippen LogP contribution < -0.4 is 4.74 Å². The summed E-state index contributed by atoms with van der Waals surface area (Å²) in [7, 11) is 0. The van der Waals surface area contributed by atoms with Crippen LogP contribution >= 0.6 is 0 Å². The molecule has 0 amide bonds. The molecule has 4 rings (SSSR count). The van der Waals surface area contributed by atoms with Gasteiger partial charge in [-0.3, -0.25) is 4.90 Å². The van der Waals surface area contributed by atoms with Gasteiger partial charge < -0.3 is 9.30 Å². The maximum absolute atomic E-state index is 5.82. The van der Waals surface area contributed by atoms with Crippen LogP contribution in [0.3, 0.4) is 0 Å². The molecule has 0 spiro atoms. The van der Waals surface area contributed by atoms with E-state index in [9.17, 15) is 0 Å². The number of ether oxygens (including phenoxy) is 1. The number of hydrogen-bond donors (Lipinski definition) is 0. The number of hydrogen-bond acceptors (Lipinski definition) is 5. The summed E-state index contributed by atoms with van der Waals surface area (Å²) in [5.74, 6) is 1.42. The van der Waals surface area contributed by atoms with Gasteiger partial charge in [0.05, 0.1) is 12.9 Å². The summed E-state index contributed by atoms with van der Waals surface area (Å²) < 4.78 is 7.84. The van der Waals surface area contributed by atoms with Crippen LogP contribution in [-0.2, 0) is 13.1 Å². The average molecular weight is 363 g/mol. The number of nitrogens with zero attached hydrogens (tertiary/aromatic N) is 5. The van der Waals surface area contributed by atoms with Crippen molar-refractivity contribution < 1.29 is 4.74 Å². The molecule has 3 heterocycles. The molecule has 1 saturated heterocycles. The smallest absolute Gasteiger partial charge is 0.119 e. The van der Waals surface area contributed by atoms with Crippen molar-refractivity contribution in [3.63, 3.8) is 0 Å². The van der Waals surface area contributed by atoms with Gasteiger partial charge in [0, 0.05) is 43.3 Å². The molecule has 0 unspecified atom stereocenters. The molecule has 1 aromatic carbocycles. The first-order valence-corrected chi connectivity index (χ1v) is 9.52. The van der Waals surface area contributed by atoms with Crippen molar-refractivity contribution in [2.45, 2.75) is 31.8 Å². The predicted octanol–water partition coefficient (Wildman–Crippen LogP) is 3.13. The van der Waals surface area contributed by atoms with Crippen LogP contribution in [0.4, 0.5) is 0 Å². The zero-order chi connectivity index (χ0) is 18.3. The Hall–Kier alpha value is -2.73. The molecular formula is C21H25N5O. The largest absolute Gasteiger partial charge is 0.492 e. The third-order valence-corrected chi connectivity index (χ3v) is 5.04. The summed E-state index contributed by atoms with van der Waals surface area (Å²) >= 11 is 0. The number of benzene rings is 1. The minimum absolute atomic E-state index is 0.507. The first-order chi connectivity index (χ1) is 13.4. The SMILES string of the molecule is c1cc([C@@H]2CCCN(Cc3ccc(OCCn4ccnc4)cc3)C2)ncn1. The van der Waals surface area contributed by atoms with Crippen LogP contribution in [0.25, 0.3) is 0 Å². The first-order valence-electron chi connectivity index (χ1n) is 9.52. The molecule has 0 saturated carbocycles. The van der Waals surface area contributed by atoms with Crippen LogP contribution in [0, 0.1) is 0 Å². The van der Waals surface area contributed by atoms with Crippen molar-refractivity contribution in [2.24, 2.45) is 0 Å². The maximum Gasteiger partial charge on any atom is 0.119 e. The molecular weight excluding hydrogens is 338 g/mol. The quantitative estimate of drug-likeness (QED) is 0.645. The second-order valence-corrected chi connectivity index (χ2v) is 7.00. The van der Waals surface area contributed by atoms with Crippen LogP contribution in [0.2, 0.25) is 0 Å². The molecule has 0 radical (unpaired) electrons. The summed E-state index contributed by atoms with van der Waals surface area (Å²) in [4.78, 5) is 15.0. The number of likely N-dealkylation sites (tertiary alicyclic amines) is 1. The second-order valence-electron chi connectivity index (χ2n) is 7.00. The van der Waals surface area contributed by atoms with Gasteiger partial charge in [-0.25, -0.2) is 15.0 Å². The van der Waals surface area contributed by atoms with Crippen molar-refractivity contribution in [3.05, 3.63) is 72.8 Å². The van der Waals surface area contributed by atoms with E-state index in [2.05, 4.69) is 44.1 Å². The molecule has 1 aliphatic heterocycles. The third-order valence-electron chi connectivity index (χ3n) is 5.04. The highest BCUT2D eigenvalue weighted by Crippen LogP contribution is 2.26. The van der Waals surface area contributed by atoms with Crippen LogP contribution in [-0.4, -0.2) is 44.1 Å². The Kier molecular flexibility index (Phi) is 5.74. The van der Waals surface area contributed by atoms with E-state index in [-0.39, 0.29) is 0 Å². The fourth-order valence-electron chi connectivity index (χ4n) is 3.62. The Morgan fingerprint density at radius 2 is 2.00 bits per heavy atom. The van der Waals surface area contributed by atoms with Gasteiger partial charge in [0.15, 0.2) is 0 Å². The Morgan fingerprint density at radius 1 is 1.07 bits per heavy atom. The summed E-state index contributed by atoms with van der Waals surface area (Å²) in [6.07, 6.45) is 11.4. The zero-order valence-corrected chi connectivity index (χ0v) is 15.4. The third kappa shape index (κ3) is 4.92. The number of aromatic nitrogens is 4. The summed E-state index contributed by atoms with van der Waals surface area (Å²) in [5, 5.41) is 0. The Bertz CT molecular complexity index is 804. The average Bonchev–Trinajstić information content (AvgIpc) is 3.24. The van der Waals surface area contributed by atoms with E-state index in [0.717, 1.165) is 37.6 Å². The second kappa shape index (κ2) is 8.77. The lowest BCUT2D eigenvalue weighted by molar-refractivity contribution is 0.198. The van der Waals surface area contributed by atoms with Crippen molar-refractivity contribution in [3.8, 4) is 5.75 Å². The maximum atomic E-state index is 5.82. The van der Waals surface area contributed by atoms with Gasteiger partial charge in [0.1, 0.15) is 18.7 Å². The highest BCUT2D eigenvalue weighted by molar-refractivity contribution is 5.27. The zero-order valence-electron chi connectivity index (χ0n) is 15.4. The molecule has 3 aromatic rings. The lowest BCUT2D eigenvalue weighted by atomic mass is 9.94. The lowest BCUT2D eigenvalue weighted by Gasteiger charge is -2.32. The molecule has 1 fully saturated rings. The molecule has 0 N–H and O–H groups in total. The van der Waals surface area contributed by atoms with E-state index in [4.69, 9.17) is 4.74 Å².